The predicted molar refractivity (Wildman–Crippen MR) is 257 cm³/mol. The van der Waals surface area contributed by atoms with Gasteiger partial charge in [0, 0.05) is 34.1 Å². The van der Waals surface area contributed by atoms with Gasteiger partial charge in [0.15, 0.2) is 0 Å². The van der Waals surface area contributed by atoms with Gasteiger partial charge in [0.2, 0.25) is 0 Å². The Morgan fingerprint density at radius 1 is 0.200 bits per heavy atom. The Hall–Kier alpha value is -7.94. The van der Waals surface area contributed by atoms with Crippen LogP contribution in [0.2, 0.25) is 0 Å². The zero-order chi connectivity index (χ0) is 39.8. The first-order valence-corrected chi connectivity index (χ1v) is 20.6. The summed E-state index contributed by atoms with van der Waals surface area (Å²) in [5.41, 5.74) is 11.5. The van der Waals surface area contributed by atoms with Crippen LogP contribution in [0.25, 0.3) is 65.3 Å². The minimum Gasteiger partial charge on any atom is -0.310 e. The maximum Gasteiger partial charge on any atom is 0.0467 e. The highest BCUT2D eigenvalue weighted by Crippen LogP contribution is 2.51. The first-order chi connectivity index (χ1) is 29.8. The number of anilines is 6. The molecule has 0 unspecified atom stereocenters. The molecule has 0 aliphatic heterocycles. The van der Waals surface area contributed by atoms with E-state index in [0.717, 1.165) is 34.1 Å². The quantitative estimate of drug-likeness (QED) is 0.112. The second kappa shape index (κ2) is 15.1. The number of para-hydroxylation sites is 4. The van der Waals surface area contributed by atoms with Crippen LogP contribution in [-0.2, 0) is 0 Å². The summed E-state index contributed by atoms with van der Waals surface area (Å²) >= 11 is 0. The molecule has 0 atom stereocenters. The van der Waals surface area contributed by atoms with Gasteiger partial charge in [-0.3, -0.25) is 0 Å². The molecule has 2 heteroatoms. The van der Waals surface area contributed by atoms with Crippen LogP contribution in [0.5, 0.6) is 0 Å². The molecule has 11 rings (SSSR count). The van der Waals surface area contributed by atoms with E-state index in [1.54, 1.807) is 0 Å². The average molecular weight is 765 g/mol. The van der Waals surface area contributed by atoms with E-state index in [9.17, 15) is 0 Å². The van der Waals surface area contributed by atoms with Crippen molar-refractivity contribution in [1.82, 2.24) is 0 Å². The molecule has 0 saturated carbocycles. The van der Waals surface area contributed by atoms with E-state index in [2.05, 4.69) is 252 Å². The van der Waals surface area contributed by atoms with Crippen LogP contribution in [0.15, 0.2) is 243 Å². The van der Waals surface area contributed by atoms with E-state index in [1.165, 1.54) is 65.3 Å². The lowest BCUT2D eigenvalue weighted by molar-refractivity contribution is 1.28. The van der Waals surface area contributed by atoms with Crippen LogP contribution in [-0.4, -0.2) is 0 Å². The van der Waals surface area contributed by atoms with E-state index in [0.29, 0.717) is 0 Å². The van der Waals surface area contributed by atoms with Gasteiger partial charge in [0.1, 0.15) is 0 Å². The molecule has 0 saturated heterocycles. The number of hydrogen-bond donors (Lipinski definition) is 0. The van der Waals surface area contributed by atoms with Gasteiger partial charge in [-0.2, -0.15) is 0 Å². The minimum absolute atomic E-state index is 1.10. The maximum atomic E-state index is 2.38. The lowest BCUT2D eigenvalue weighted by atomic mass is 9.81. The summed E-state index contributed by atoms with van der Waals surface area (Å²) in [7, 11) is 0. The van der Waals surface area contributed by atoms with Crippen LogP contribution in [0, 0.1) is 0 Å². The zero-order valence-electron chi connectivity index (χ0n) is 33.0. The van der Waals surface area contributed by atoms with E-state index in [4.69, 9.17) is 0 Å². The third-order valence-corrected chi connectivity index (χ3v) is 11.7. The Bertz CT molecular complexity index is 3000. The molecular formula is C58H40N2. The number of benzene rings is 11. The topological polar surface area (TPSA) is 6.48 Å². The van der Waals surface area contributed by atoms with Crippen LogP contribution in [0.1, 0.15) is 0 Å². The van der Waals surface area contributed by atoms with E-state index >= 15 is 0 Å². The Kier molecular flexibility index (Phi) is 8.87. The lowest BCUT2D eigenvalue weighted by Crippen LogP contribution is -2.09. The highest BCUT2D eigenvalue weighted by atomic mass is 15.1. The van der Waals surface area contributed by atoms with Crippen molar-refractivity contribution in [3.63, 3.8) is 0 Å². The van der Waals surface area contributed by atoms with Gasteiger partial charge in [-0.1, -0.05) is 170 Å². The number of hydrogen-bond acceptors (Lipinski definition) is 2. The molecule has 0 aliphatic rings. The first-order valence-electron chi connectivity index (χ1n) is 20.6. The van der Waals surface area contributed by atoms with Gasteiger partial charge in [-0.15, -0.1) is 0 Å². The van der Waals surface area contributed by atoms with Crippen LogP contribution in [0.3, 0.4) is 0 Å². The summed E-state index contributed by atoms with van der Waals surface area (Å²) in [5.74, 6) is 0. The smallest absolute Gasteiger partial charge is 0.0467 e. The van der Waals surface area contributed by atoms with Crippen molar-refractivity contribution in [3.05, 3.63) is 243 Å². The van der Waals surface area contributed by atoms with Gasteiger partial charge in [0.05, 0.1) is 0 Å². The summed E-state index contributed by atoms with van der Waals surface area (Å²) < 4.78 is 0. The summed E-state index contributed by atoms with van der Waals surface area (Å²) in [6.07, 6.45) is 0. The molecule has 11 aromatic rings. The molecule has 0 aliphatic carbocycles. The molecule has 0 spiro atoms. The number of fused-ring (bicyclic) bond motifs is 7. The summed E-state index contributed by atoms with van der Waals surface area (Å²) in [4.78, 5) is 4.71. The molecular weight excluding hydrogens is 725 g/mol. The predicted octanol–water partition coefficient (Wildman–Crippen LogP) is 16.6. The lowest BCUT2D eigenvalue weighted by Gasteiger charge is -2.27. The second-order valence-corrected chi connectivity index (χ2v) is 15.3. The Balaban J connectivity index is 1.24. The van der Waals surface area contributed by atoms with Crippen molar-refractivity contribution in [2.45, 2.75) is 0 Å². The minimum atomic E-state index is 1.10. The Morgan fingerprint density at radius 3 is 0.800 bits per heavy atom. The SMILES string of the molecule is c1ccc(N(c2ccccc2)c2cccc(-c3c4ccccc4c(-c4cccc(N(c5ccccc5)c5ccccc5)c4)c4c5ccccc5c5ccccc5c34)c2)cc1. The fourth-order valence-corrected chi connectivity index (χ4v) is 9.25. The van der Waals surface area contributed by atoms with Crippen LogP contribution < -0.4 is 9.80 Å². The third-order valence-electron chi connectivity index (χ3n) is 11.7. The fourth-order valence-electron chi connectivity index (χ4n) is 9.25. The summed E-state index contributed by atoms with van der Waals surface area (Å²) in [6, 6.07) is 87.9. The number of rotatable bonds is 8. The molecule has 0 N–H and O–H groups in total. The molecule has 0 aromatic heterocycles. The standard InChI is InChI=1S/C58H40N2/c1-5-23-43(24-6-1)59(44-25-7-2-8-26-44)47-31-19-21-41(39-47)55-53-37-17-18-38-54(53)56(58-52-36-16-14-34-50(52)49-33-13-15-35-51(49)57(55)58)42-22-20-32-48(40-42)60(45-27-9-3-10-28-45)46-29-11-4-12-30-46/h1-40H. The van der Waals surface area contributed by atoms with Crippen LogP contribution in [0.4, 0.5) is 34.1 Å². The second-order valence-electron chi connectivity index (χ2n) is 15.3. The zero-order valence-corrected chi connectivity index (χ0v) is 33.0. The van der Waals surface area contributed by atoms with Crippen molar-refractivity contribution in [1.29, 1.82) is 0 Å². The first kappa shape index (κ1) is 35.2. The van der Waals surface area contributed by atoms with Crippen molar-refractivity contribution < 1.29 is 0 Å². The van der Waals surface area contributed by atoms with E-state index in [1.807, 2.05) is 0 Å². The Morgan fingerprint density at radius 2 is 0.467 bits per heavy atom. The van der Waals surface area contributed by atoms with Crippen molar-refractivity contribution in [2.75, 3.05) is 9.80 Å². The van der Waals surface area contributed by atoms with Gasteiger partial charge >= 0.3 is 0 Å². The molecule has 0 amide bonds. The molecule has 11 aromatic carbocycles. The average Bonchev–Trinajstić information content (AvgIpc) is 3.32. The largest absolute Gasteiger partial charge is 0.310 e. The van der Waals surface area contributed by atoms with Gasteiger partial charge < -0.3 is 9.80 Å². The maximum absolute atomic E-state index is 2.38. The van der Waals surface area contributed by atoms with Gasteiger partial charge in [-0.05, 0) is 138 Å². The van der Waals surface area contributed by atoms with Gasteiger partial charge in [-0.25, -0.2) is 0 Å². The van der Waals surface area contributed by atoms with Crippen molar-refractivity contribution >= 4 is 77.2 Å². The van der Waals surface area contributed by atoms with E-state index < -0.39 is 0 Å². The highest BCUT2D eigenvalue weighted by molar-refractivity contribution is 6.36. The summed E-state index contributed by atoms with van der Waals surface area (Å²) in [5, 5.41) is 9.95. The molecule has 282 valence electrons. The number of nitrogens with zero attached hydrogens (tertiary/aromatic N) is 2. The highest BCUT2D eigenvalue weighted by Gasteiger charge is 2.23. The molecule has 60 heavy (non-hydrogen) atoms. The monoisotopic (exact) mass is 764 g/mol. The molecule has 0 bridgehead atoms. The van der Waals surface area contributed by atoms with Crippen molar-refractivity contribution in [3.8, 4) is 22.3 Å². The molecule has 0 heterocycles. The summed E-state index contributed by atoms with van der Waals surface area (Å²) in [6.45, 7) is 0. The molecule has 0 fully saturated rings. The van der Waals surface area contributed by atoms with Gasteiger partial charge in [0.25, 0.3) is 0 Å². The Labute approximate surface area is 350 Å². The normalized spacial score (nSPS) is 11.3. The fraction of sp³-hybridized carbons (Fsp3) is 0. The van der Waals surface area contributed by atoms with E-state index in [-0.39, 0.29) is 0 Å². The van der Waals surface area contributed by atoms with Crippen LogP contribution >= 0.6 is 0 Å². The van der Waals surface area contributed by atoms with Crippen molar-refractivity contribution in [2.24, 2.45) is 0 Å². The molecule has 2 nitrogen and oxygen atoms in total. The third kappa shape index (κ3) is 6.06. The molecule has 0 radical (unpaired) electrons.